The zero-order valence-electron chi connectivity index (χ0n) is 11.1. The molecule has 3 N–H and O–H groups in total. The third kappa shape index (κ3) is 3.35. The Hall–Kier alpha value is -1.82. The van der Waals surface area contributed by atoms with E-state index in [2.05, 4.69) is 15.0 Å². The highest BCUT2D eigenvalue weighted by Gasteiger charge is 2.20. The number of pyridine rings is 1. The molecule has 2 rings (SSSR count). The SMILES string of the molecule is COCC1CCCN(c2ccc(/C(N)=N/O)nc2)C1. The molecule has 1 aliphatic rings. The van der Waals surface area contributed by atoms with Crippen molar-refractivity contribution in [2.75, 3.05) is 31.7 Å². The molecule has 1 fully saturated rings. The van der Waals surface area contributed by atoms with Crippen molar-refractivity contribution < 1.29 is 9.94 Å². The Balaban J connectivity index is 2.05. The van der Waals surface area contributed by atoms with Crippen LogP contribution in [0.1, 0.15) is 18.5 Å². The molecule has 1 aromatic heterocycles. The maximum absolute atomic E-state index is 8.60. The quantitative estimate of drug-likeness (QED) is 0.367. The summed E-state index contributed by atoms with van der Waals surface area (Å²) in [6, 6.07) is 3.72. The monoisotopic (exact) mass is 264 g/mol. The highest BCUT2D eigenvalue weighted by molar-refractivity contribution is 5.95. The van der Waals surface area contributed by atoms with Crippen LogP contribution in [0, 0.1) is 5.92 Å². The zero-order valence-corrected chi connectivity index (χ0v) is 11.1. The third-order valence-corrected chi connectivity index (χ3v) is 3.40. The van der Waals surface area contributed by atoms with Crippen LogP contribution < -0.4 is 10.6 Å². The molecule has 6 heteroatoms. The maximum atomic E-state index is 8.60. The Morgan fingerprint density at radius 1 is 1.63 bits per heavy atom. The van der Waals surface area contributed by atoms with Gasteiger partial charge in [0, 0.05) is 20.2 Å². The first-order valence-electron chi connectivity index (χ1n) is 6.42. The lowest BCUT2D eigenvalue weighted by atomic mass is 9.98. The van der Waals surface area contributed by atoms with Crippen LogP contribution in [0.3, 0.4) is 0 Å². The number of aromatic nitrogens is 1. The van der Waals surface area contributed by atoms with E-state index in [4.69, 9.17) is 15.7 Å². The number of anilines is 1. The van der Waals surface area contributed by atoms with Crippen molar-refractivity contribution in [3.63, 3.8) is 0 Å². The van der Waals surface area contributed by atoms with Gasteiger partial charge in [0.2, 0.25) is 0 Å². The van der Waals surface area contributed by atoms with Crippen molar-refractivity contribution in [1.29, 1.82) is 0 Å². The van der Waals surface area contributed by atoms with Crippen LogP contribution in [0.25, 0.3) is 0 Å². The first-order chi connectivity index (χ1) is 9.24. The van der Waals surface area contributed by atoms with Crippen molar-refractivity contribution in [2.24, 2.45) is 16.8 Å². The molecule has 1 atom stereocenters. The molecular weight excluding hydrogens is 244 g/mol. The third-order valence-electron chi connectivity index (χ3n) is 3.40. The highest BCUT2D eigenvalue weighted by atomic mass is 16.5. The molecule has 1 saturated heterocycles. The van der Waals surface area contributed by atoms with Crippen LogP contribution in [-0.4, -0.2) is 42.8 Å². The molecule has 0 saturated carbocycles. The summed E-state index contributed by atoms with van der Waals surface area (Å²) in [5.74, 6) is 0.602. The van der Waals surface area contributed by atoms with Gasteiger partial charge in [-0.05, 0) is 30.9 Å². The lowest BCUT2D eigenvalue weighted by Crippen LogP contribution is -2.37. The second-order valence-corrected chi connectivity index (χ2v) is 4.80. The maximum Gasteiger partial charge on any atom is 0.188 e. The molecule has 0 aliphatic carbocycles. The van der Waals surface area contributed by atoms with E-state index in [9.17, 15) is 0 Å². The van der Waals surface area contributed by atoms with Crippen molar-refractivity contribution in [1.82, 2.24) is 4.98 Å². The Morgan fingerprint density at radius 3 is 3.11 bits per heavy atom. The van der Waals surface area contributed by atoms with Crippen molar-refractivity contribution >= 4 is 11.5 Å². The van der Waals surface area contributed by atoms with E-state index in [1.165, 1.54) is 6.42 Å². The zero-order chi connectivity index (χ0) is 13.7. The standard InChI is InChI=1S/C13H20N4O2/c1-19-9-10-3-2-6-17(8-10)11-4-5-12(15-7-11)13(14)16-18/h4-5,7,10,18H,2-3,6,8-9H2,1H3,(H2,14,16). The smallest absolute Gasteiger partial charge is 0.188 e. The number of ether oxygens (including phenoxy) is 1. The molecule has 0 bridgehead atoms. The molecule has 1 unspecified atom stereocenters. The number of rotatable bonds is 4. The van der Waals surface area contributed by atoms with Crippen LogP contribution in [0.2, 0.25) is 0 Å². The van der Waals surface area contributed by atoms with E-state index < -0.39 is 0 Å². The minimum Gasteiger partial charge on any atom is -0.409 e. The van der Waals surface area contributed by atoms with Gasteiger partial charge in [-0.3, -0.25) is 4.98 Å². The number of amidine groups is 1. The van der Waals surface area contributed by atoms with Gasteiger partial charge in [-0.1, -0.05) is 5.16 Å². The van der Waals surface area contributed by atoms with Crippen molar-refractivity contribution in [3.05, 3.63) is 24.0 Å². The normalized spacial score (nSPS) is 20.6. The fourth-order valence-corrected chi connectivity index (χ4v) is 2.45. The van der Waals surface area contributed by atoms with E-state index in [0.717, 1.165) is 31.8 Å². The van der Waals surface area contributed by atoms with Crippen LogP contribution in [0.4, 0.5) is 5.69 Å². The van der Waals surface area contributed by atoms with Crippen LogP contribution >= 0.6 is 0 Å². The van der Waals surface area contributed by atoms with Gasteiger partial charge in [0.25, 0.3) is 0 Å². The van der Waals surface area contributed by atoms with Gasteiger partial charge in [0.15, 0.2) is 5.84 Å². The molecule has 0 spiro atoms. The Bertz CT molecular complexity index is 431. The summed E-state index contributed by atoms with van der Waals surface area (Å²) in [5.41, 5.74) is 7.04. The average Bonchev–Trinajstić information content (AvgIpc) is 2.47. The van der Waals surface area contributed by atoms with Crippen LogP contribution in [-0.2, 0) is 4.74 Å². The van der Waals surface area contributed by atoms with E-state index in [1.54, 1.807) is 19.4 Å². The van der Waals surface area contributed by atoms with E-state index in [-0.39, 0.29) is 5.84 Å². The molecule has 19 heavy (non-hydrogen) atoms. The summed E-state index contributed by atoms with van der Waals surface area (Å²) in [5, 5.41) is 11.5. The number of oxime groups is 1. The first-order valence-corrected chi connectivity index (χ1v) is 6.42. The van der Waals surface area contributed by atoms with E-state index in [1.807, 2.05) is 6.07 Å². The number of nitrogens with two attached hydrogens (primary N) is 1. The van der Waals surface area contributed by atoms with Gasteiger partial charge in [0.05, 0.1) is 18.5 Å². The first kappa shape index (κ1) is 13.6. The molecule has 0 radical (unpaired) electrons. The number of piperidine rings is 1. The van der Waals surface area contributed by atoms with Gasteiger partial charge in [0.1, 0.15) is 5.69 Å². The molecule has 1 aliphatic heterocycles. The van der Waals surface area contributed by atoms with E-state index >= 15 is 0 Å². The predicted octanol–water partition coefficient (Wildman–Crippen LogP) is 1.04. The Morgan fingerprint density at radius 2 is 2.47 bits per heavy atom. The van der Waals surface area contributed by atoms with E-state index in [0.29, 0.717) is 11.6 Å². The predicted molar refractivity (Wildman–Crippen MR) is 73.6 cm³/mol. The number of hydrogen-bond donors (Lipinski definition) is 2. The van der Waals surface area contributed by atoms with Crippen LogP contribution in [0.5, 0.6) is 0 Å². The fourth-order valence-electron chi connectivity index (χ4n) is 2.45. The van der Waals surface area contributed by atoms with Crippen molar-refractivity contribution in [3.8, 4) is 0 Å². The second kappa shape index (κ2) is 6.38. The summed E-state index contributed by atoms with van der Waals surface area (Å²) in [4.78, 5) is 6.51. The van der Waals surface area contributed by atoms with Crippen LogP contribution in [0.15, 0.2) is 23.5 Å². The van der Waals surface area contributed by atoms with Crippen molar-refractivity contribution in [2.45, 2.75) is 12.8 Å². The molecular formula is C13H20N4O2. The number of methoxy groups -OCH3 is 1. The molecule has 1 aromatic rings. The molecule has 6 nitrogen and oxygen atoms in total. The lowest BCUT2D eigenvalue weighted by molar-refractivity contribution is 0.143. The fraction of sp³-hybridized carbons (Fsp3) is 0.538. The lowest BCUT2D eigenvalue weighted by Gasteiger charge is -2.33. The summed E-state index contributed by atoms with van der Waals surface area (Å²) < 4.78 is 5.23. The summed E-state index contributed by atoms with van der Waals surface area (Å²) in [6.07, 6.45) is 4.14. The van der Waals surface area contributed by atoms with Gasteiger partial charge >= 0.3 is 0 Å². The van der Waals surface area contributed by atoms with Gasteiger partial charge in [-0.2, -0.15) is 0 Å². The minimum absolute atomic E-state index is 0.0300. The summed E-state index contributed by atoms with van der Waals surface area (Å²) in [6.45, 7) is 2.81. The molecule has 2 heterocycles. The number of nitrogens with zero attached hydrogens (tertiary/aromatic N) is 3. The molecule has 0 aromatic carbocycles. The second-order valence-electron chi connectivity index (χ2n) is 4.80. The molecule has 0 amide bonds. The minimum atomic E-state index is 0.0300. The van der Waals surface area contributed by atoms with Gasteiger partial charge in [-0.15, -0.1) is 0 Å². The Kier molecular flexibility index (Phi) is 4.57. The summed E-state index contributed by atoms with van der Waals surface area (Å²) in [7, 11) is 1.74. The Labute approximate surface area is 112 Å². The van der Waals surface area contributed by atoms with Gasteiger partial charge in [-0.25, -0.2) is 0 Å². The number of hydrogen-bond acceptors (Lipinski definition) is 5. The van der Waals surface area contributed by atoms with Gasteiger partial charge < -0.3 is 20.6 Å². The molecule has 104 valence electrons. The highest BCUT2D eigenvalue weighted by Crippen LogP contribution is 2.22. The average molecular weight is 264 g/mol. The topological polar surface area (TPSA) is 84.0 Å². The summed E-state index contributed by atoms with van der Waals surface area (Å²) >= 11 is 0. The largest absolute Gasteiger partial charge is 0.409 e.